The van der Waals surface area contributed by atoms with Crippen molar-refractivity contribution in [3.8, 4) is 0 Å². The molecule has 482 valence electrons. The van der Waals surface area contributed by atoms with Crippen molar-refractivity contribution in [2.45, 2.75) is 386 Å². The Bertz CT molecular complexity index is 1520. The maximum atomic E-state index is 12.9. The van der Waals surface area contributed by atoms with Crippen molar-refractivity contribution in [3.63, 3.8) is 0 Å². The Morgan fingerprint density at radius 2 is 0.470 bits per heavy atom. The maximum Gasteiger partial charge on any atom is 0.306 e. The van der Waals surface area contributed by atoms with E-state index in [-0.39, 0.29) is 31.1 Å². The number of carbonyl (C=O) groups excluding carboxylic acids is 3. The minimum Gasteiger partial charge on any atom is -0.462 e. The van der Waals surface area contributed by atoms with Gasteiger partial charge in [0.15, 0.2) is 6.10 Å². The Hall–Kier alpha value is -3.15. The second-order valence-electron chi connectivity index (χ2n) is 24.5. The van der Waals surface area contributed by atoms with Crippen molar-refractivity contribution in [1.29, 1.82) is 0 Å². The molecule has 0 rings (SSSR count). The summed E-state index contributed by atoms with van der Waals surface area (Å²) in [5.74, 6) is -0.874. The Labute approximate surface area is 516 Å². The van der Waals surface area contributed by atoms with Gasteiger partial charge in [-0.25, -0.2) is 0 Å². The van der Waals surface area contributed by atoms with Gasteiger partial charge in [0, 0.05) is 19.3 Å². The fourth-order valence-electron chi connectivity index (χ4n) is 10.8. The summed E-state index contributed by atoms with van der Waals surface area (Å²) in [6, 6.07) is 0. The van der Waals surface area contributed by atoms with Crippen LogP contribution in [0.15, 0.2) is 72.9 Å². The zero-order valence-corrected chi connectivity index (χ0v) is 55.5. The molecule has 0 aromatic rings. The largest absolute Gasteiger partial charge is 0.462 e. The Balaban J connectivity index is 4.12. The molecule has 0 aromatic carbocycles. The smallest absolute Gasteiger partial charge is 0.306 e. The molecule has 0 saturated heterocycles. The first kappa shape index (κ1) is 79.8. The van der Waals surface area contributed by atoms with E-state index in [1.54, 1.807) is 0 Å². The van der Waals surface area contributed by atoms with E-state index in [0.29, 0.717) is 19.3 Å². The molecule has 0 heterocycles. The first-order valence-electron chi connectivity index (χ1n) is 36.4. The van der Waals surface area contributed by atoms with Gasteiger partial charge in [-0.05, 0) is 70.6 Å². The molecule has 0 bridgehead atoms. The second kappa shape index (κ2) is 71.3. The van der Waals surface area contributed by atoms with Crippen LogP contribution < -0.4 is 0 Å². The van der Waals surface area contributed by atoms with Crippen LogP contribution in [-0.4, -0.2) is 37.2 Å². The highest BCUT2D eigenvalue weighted by Gasteiger charge is 2.19. The van der Waals surface area contributed by atoms with E-state index in [1.807, 2.05) is 0 Å². The average molecular weight is 1160 g/mol. The van der Waals surface area contributed by atoms with E-state index in [1.165, 1.54) is 231 Å². The summed E-state index contributed by atoms with van der Waals surface area (Å²) in [5.41, 5.74) is 0. The molecular formula is C77H138O6. The summed E-state index contributed by atoms with van der Waals surface area (Å²) in [6.07, 6.45) is 93.9. The van der Waals surface area contributed by atoms with Gasteiger partial charge in [-0.1, -0.05) is 363 Å². The van der Waals surface area contributed by atoms with Gasteiger partial charge in [0.05, 0.1) is 0 Å². The molecule has 0 radical (unpaired) electrons. The third-order valence-electron chi connectivity index (χ3n) is 16.2. The monoisotopic (exact) mass is 1160 g/mol. The number of allylic oxidation sites excluding steroid dienone is 12. The van der Waals surface area contributed by atoms with Crippen molar-refractivity contribution in [3.05, 3.63) is 72.9 Å². The number of carbonyl (C=O) groups is 3. The summed E-state index contributed by atoms with van der Waals surface area (Å²) in [6.45, 7) is 6.55. The number of rotatable bonds is 67. The van der Waals surface area contributed by atoms with E-state index in [9.17, 15) is 14.4 Å². The fraction of sp³-hybridized carbons (Fsp3) is 0.805. The van der Waals surface area contributed by atoms with Gasteiger partial charge in [0.25, 0.3) is 0 Å². The summed E-state index contributed by atoms with van der Waals surface area (Å²) in [5, 5.41) is 0. The van der Waals surface area contributed by atoms with Crippen molar-refractivity contribution < 1.29 is 28.6 Å². The van der Waals surface area contributed by atoms with Gasteiger partial charge in [0.1, 0.15) is 13.2 Å². The van der Waals surface area contributed by atoms with Gasteiger partial charge >= 0.3 is 17.9 Å². The van der Waals surface area contributed by atoms with Crippen LogP contribution in [0.25, 0.3) is 0 Å². The van der Waals surface area contributed by atoms with Gasteiger partial charge in [0.2, 0.25) is 0 Å². The lowest BCUT2D eigenvalue weighted by Gasteiger charge is -2.18. The summed E-state index contributed by atoms with van der Waals surface area (Å²) in [7, 11) is 0. The summed E-state index contributed by atoms with van der Waals surface area (Å²) < 4.78 is 16.9. The minimum absolute atomic E-state index is 0.0771. The first-order chi connectivity index (χ1) is 41.0. The molecule has 0 fully saturated rings. The van der Waals surface area contributed by atoms with Gasteiger partial charge in [-0.15, -0.1) is 0 Å². The standard InChI is InChI=1S/C77H138O6/c1-4-7-10-13-16-19-21-23-25-27-29-31-33-35-36-37-38-39-40-42-43-45-47-49-51-53-55-58-61-64-67-70-76(79)82-73-74(72-81-75(78)69-66-63-60-57-18-15-12-9-6-3)83-77(80)71-68-65-62-59-56-54-52-50-48-46-44-41-34-32-30-28-26-24-22-20-17-14-11-8-5-2/h8,11,17,20,24,26,30,32,41,44,48,50,74H,4-7,9-10,12-16,18-19,21-23,25,27-29,31,33-40,42-43,45-47,49,51-73H2,1-3H3/b11-8-,20-17-,26-24-,32-30-,44-41-,50-48-. The van der Waals surface area contributed by atoms with Crippen molar-refractivity contribution in [2.24, 2.45) is 0 Å². The Morgan fingerprint density at radius 1 is 0.253 bits per heavy atom. The quantitative estimate of drug-likeness (QED) is 0.0261. The van der Waals surface area contributed by atoms with Crippen LogP contribution in [0.3, 0.4) is 0 Å². The molecule has 0 saturated carbocycles. The zero-order chi connectivity index (χ0) is 59.9. The topological polar surface area (TPSA) is 78.9 Å². The molecule has 1 atom stereocenters. The second-order valence-corrected chi connectivity index (χ2v) is 24.5. The van der Waals surface area contributed by atoms with Crippen LogP contribution in [0, 0.1) is 0 Å². The predicted molar refractivity (Wildman–Crippen MR) is 362 cm³/mol. The van der Waals surface area contributed by atoms with Crippen LogP contribution in [-0.2, 0) is 28.6 Å². The molecule has 0 aliphatic heterocycles. The molecule has 6 nitrogen and oxygen atoms in total. The molecule has 6 heteroatoms. The van der Waals surface area contributed by atoms with Crippen LogP contribution in [0.4, 0.5) is 0 Å². The summed E-state index contributed by atoms with van der Waals surface area (Å²) >= 11 is 0. The fourth-order valence-corrected chi connectivity index (χ4v) is 10.8. The van der Waals surface area contributed by atoms with E-state index in [4.69, 9.17) is 14.2 Å². The van der Waals surface area contributed by atoms with Crippen LogP contribution in [0.5, 0.6) is 0 Å². The van der Waals surface area contributed by atoms with Crippen molar-refractivity contribution in [1.82, 2.24) is 0 Å². The number of ether oxygens (including phenoxy) is 3. The first-order valence-corrected chi connectivity index (χ1v) is 36.4. The van der Waals surface area contributed by atoms with Crippen LogP contribution in [0.2, 0.25) is 0 Å². The molecule has 0 spiro atoms. The lowest BCUT2D eigenvalue weighted by atomic mass is 10.0. The number of hydrogen-bond acceptors (Lipinski definition) is 6. The van der Waals surface area contributed by atoms with Crippen LogP contribution >= 0.6 is 0 Å². The highest BCUT2D eigenvalue weighted by Crippen LogP contribution is 2.19. The SMILES string of the molecule is CC/C=C\C/C=C\C/C=C\C/C=C\C/C=C\C/C=C\CCCCCCCCC(=O)OC(COC(=O)CCCCCCCCCCC)COC(=O)CCCCCCCCCCCCCCCCCCCCCCCCCCCCCCCCC. The Kier molecular flexibility index (Phi) is 68.6. The van der Waals surface area contributed by atoms with E-state index in [0.717, 1.165) is 109 Å². The molecule has 1 unspecified atom stereocenters. The number of hydrogen-bond donors (Lipinski definition) is 0. The molecule has 0 amide bonds. The normalized spacial score (nSPS) is 12.5. The van der Waals surface area contributed by atoms with Crippen LogP contribution in [0.1, 0.15) is 380 Å². The van der Waals surface area contributed by atoms with E-state index in [2.05, 4.69) is 93.7 Å². The van der Waals surface area contributed by atoms with Gasteiger partial charge < -0.3 is 14.2 Å². The minimum atomic E-state index is -0.782. The van der Waals surface area contributed by atoms with Gasteiger partial charge in [-0.2, -0.15) is 0 Å². The highest BCUT2D eigenvalue weighted by atomic mass is 16.6. The van der Waals surface area contributed by atoms with E-state index < -0.39 is 6.10 Å². The lowest BCUT2D eigenvalue weighted by molar-refractivity contribution is -0.167. The number of esters is 3. The maximum absolute atomic E-state index is 12.9. The molecular weight excluding hydrogens is 1020 g/mol. The molecule has 0 aromatic heterocycles. The van der Waals surface area contributed by atoms with Crippen molar-refractivity contribution in [2.75, 3.05) is 13.2 Å². The third kappa shape index (κ3) is 69.5. The molecule has 0 aliphatic rings. The third-order valence-corrected chi connectivity index (χ3v) is 16.2. The molecule has 83 heavy (non-hydrogen) atoms. The van der Waals surface area contributed by atoms with E-state index >= 15 is 0 Å². The van der Waals surface area contributed by atoms with Crippen molar-refractivity contribution >= 4 is 17.9 Å². The summed E-state index contributed by atoms with van der Waals surface area (Å²) in [4.78, 5) is 38.3. The predicted octanol–water partition coefficient (Wildman–Crippen LogP) is 25.2. The average Bonchev–Trinajstić information content (AvgIpc) is 3.49. The number of unbranched alkanes of at least 4 members (excludes halogenated alkanes) is 44. The lowest BCUT2D eigenvalue weighted by Crippen LogP contribution is -2.30. The Morgan fingerprint density at radius 3 is 0.735 bits per heavy atom. The molecule has 0 N–H and O–H groups in total. The zero-order valence-electron chi connectivity index (χ0n) is 55.5. The van der Waals surface area contributed by atoms with Gasteiger partial charge in [-0.3, -0.25) is 14.4 Å². The molecule has 0 aliphatic carbocycles. The highest BCUT2D eigenvalue weighted by molar-refractivity contribution is 5.71.